The highest BCUT2D eigenvalue weighted by atomic mass is 19.4. The molecular formula is C10H17F3N2O. The van der Waals surface area contributed by atoms with Crippen LogP contribution in [0, 0.1) is 5.92 Å². The lowest BCUT2D eigenvalue weighted by Crippen LogP contribution is -2.49. The summed E-state index contributed by atoms with van der Waals surface area (Å²) in [6, 6.07) is -0.343. The zero-order chi connectivity index (χ0) is 12.3. The van der Waals surface area contributed by atoms with Crippen molar-refractivity contribution in [3.05, 3.63) is 0 Å². The maximum atomic E-state index is 12.3. The Kier molecular flexibility index (Phi) is 4.18. The predicted octanol–water partition coefficient (Wildman–Crippen LogP) is 1.52. The van der Waals surface area contributed by atoms with Crippen LogP contribution in [0.25, 0.3) is 0 Å². The van der Waals surface area contributed by atoms with Gasteiger partial charge < -0.3 is 10.6 Å². The lowest BCUT2D eigenvalue weighted by molar-refractivity contribution is -0.188. The monoisotopic (exact) mass is 238 g/mol. The molecule has 3 nitrogen and oxygen atoms in total. The molecule has 2 atom stereocenters. The summed E-state index contributed by atoms with van der Waals surface area (Å²) >= 11 is 0. The minimum Gasteiger partial charge on any atom is -0.332 e. The molecule has 0 aromatic heterocycles. The lowest BCUT2D eigenvalue weighted by Gasteiger charge is -2.32. The fraction of sp³-hybridized carbons (Fsp3) is 0.900. The highest BCUT2D eigenvalue weighted by molar-refractivity contribution is 5.82. The first-order valence-corrected chi connectivity index (χ1v) is 5.49. The second-order valence-electron chi connectivity index (χ2n) is 4.08. The molecule has 2 N–H and O–H groups in total. The summed E-state index contributed by atoms with van der Waals surface area (Å²) < 4.78 is 37.0. The number of halogens is 3. The summed E-state index contributed by atoms with van der Waals surface area (Å²) in [6.07, 6.45) is -2.51. The van der Waals surface area contributed by atoms with E-state index in [2.05, 4.69) is 0 Å². The van der Waals surface area contributed by atoms with Crippen LogP contribution in [-0.4, -0.2) is 36.1 Å². The number of amides is 1. The maximum Gasteiger partial charge on any atom is 0.471 e. The Morgan fingerprint density at radius 3 is 2.50 bits per heavy atom. The van der Waals surface area contributed by atoms with E-state index in [1.54, 1.807) is 6.92 Å². The number of nitrogens with two attached hydrogens (primary N) is 1. The Labute approximate surface area is 92.8 Å². The van der Waals surface area contributed by atoms with E-state index in [9.17, 15) is 18.0 Å². The van der Waals surface area contributed by atoms with Crippen molar-refractivity contribution in [3.8, 4) is 0 Å². The molecule has 1 aliphatic carbocycles. The van der Waals surface area contributed by atoms with E-state index in [4.69, 9.17) is 5.73 Å². The highest BCUT2D eigenvalue weighted by Gasteiger charge is 2.46. The normalized spacial score (nSPS) is 25.8. The third kappa shape index (κ3) is 2.66. The summed E-state index contributed by atoms with van der Waals surface area (Å²) in [7, 11) is 0. The van der Waals surface area contributed by atoms with Crippen LogP contribution in [0.4, 0.5) is 13.2 Å². The van der Waals surface area contributed by atoms with Gasteiger partial charge in [-0.3, -0.25) is 4.79 Å². The minimum atomic E-state index is -4.78. The SMILES string of the molecule is CCN(C(=O)C(F)(F)F)C1CCCC1CN. The predicted molar refractivity (Wildman–Crippen MR) is 53.6 cm³/mol. The van der Waals surface area contributed by atoms with Crippen LogP contribution in [0.1, 0.15) is 26.2 Å². The van der Waals surface area contributed by atoms with Gasteiger partial charge in [-0.1, -0.05) is 6.42 Å². The van der Waals surface area contributed by atoms with Gasteiger partial charge in [0.25, 0.3) is 0 Å². The molecule has 1 aliphatic rings. The molecule has 2 unspecified atom stereocenters. The van der Waals surface area contributed by atoms with Crippen LogP contribution in [0.5, 0.6) is 0 Å². The number of hydrogen-bond acceptors (Lipinski definition) is 2. The first kappa shape index (κ1) is 13.3. The van der Waals surface area contributed by atoms with E-state index in [-0.39, 0.29) is 18.5 Å². The molecule has 0 aromatic carbocycles. The van der Waals surface area contributed by atoms with Crippen LogP contribution in [0.3, 0.4) is 0 Å². The van der Waals surface area contributed by atoms with E-state index < -0.39 is 12.1 Å². The molecule has 0 heterocycles. The van der Waals surface area contributed by atoms with Gasteiger partial charge in [-0.25, -0.2) is 0 Å². The van der Waals surface area contributed by atoms with Crippen LogP contribution in [0.15, 0.2) is 0 Å². The van der Waals surface area contributed by atoms with E-state index in [1.165, 1.54) is 0 Å². The quantitative estimate of drug-likeness (QED) is 0.810. The zero-order valence-corrected chi connectivity index (χ0v) is 9.26. The van der Waals surface area contributed by atoms with Crippen LogP contribution >= 0.6 is 0 Å². The molecule has 94 valence electrons. The summed E-state index contributed by atoms with van der Waals surface area (Å²) in [5, 5.41) is 0. The van der Waals surface area contributed by atoms with Gasteiger partial charge in [0.1, 0.15) is 0 Å². The average molecular weight is 238 g/mol. The maximum absolute atomic E-state index is 12.3. The highest BCUT2D eigenvalue weighted by Crippen LogP contribution is 2.31. The largest absolute Gasteiger partial charge is 0.471 e. The Balaban J connectivity index is 2.78. The number of rotatable bonds is 3. The summed E-state index contributed by atoms with van der Waals surface area (Å²) in [5.41, 5.74) is 5.51. The second kappa shape index (κ2) is 5.03. The summed E-state index contributed by atoms with van der Waals surface area (Å²) in [5.74, 6) is -1.73. The molecule has 0 bridgehead atoms. The number of carbonyl (C=O) groups is 1. The van der Waals surface area contributed by atoms with Gasteiger partial charge in [-0.05, 0) is 32.2 Å². The third-order valence-corrected chi connectivity index (χ3v) is 3.17. The van der Waals surface area contributed by atoms with E-state index >= 15 is 0 Å². The number of carbonyl (C=O) groups excluding carboxylic acids is 1. The van der Waals surface area contributed by atoms with E-state index in [0.717, 1.165) is 17.7 Å². The molecule has 0 aliphatic heterocycles. The molecule has 0 aromatic rings. The standard InChI is InChI=1S/C10H17F3N2O/c1-2-15(9(16)10(11,12)13)8-5-3-4-7(8)6-14/h7-8H,2-6,14H2,1H3. The Morgan fingerprint density at radius 1 is 1.44 bits per heavy atom. The molecule has 16 heavy (non-hydrogen) atoms. The minimum absolute atomic E-state index is 0.00579. The van der Waals surface area contributed by atoms with Gasteiger partial charge in [0.15, 0.2) is 0 Å². The molecule has 1 fully saturated rings. The Morgan fingerprint density at radius 2 is 2.06 bits per heavy atom. The molecular weight excluding hydrogens is 221 g/mol. The van der Waals surface area contributed by atoms with Gasteiger partial charge in [0.05, 0.1) is 0 Å². The van der Waals surface area contributed by atoms with Crippen LogP contribution < -0.4 is 5.73 Å². The molecule has 0 spiro atoms. The first-order chi connectivity index (χ1) is 7.41. The third-order valence-electron chi connectivity index (χ3n) is 3.17. The van der Waals surface area contributed by atoms with Crippen molar-refractivity contribution in [2.75, 3.05) is 13.1 Å². The van der Waals surface area contributed by atoms with Gasteiger partial charge >= 0.3 is 12.1 Å². The van der Waals surface area contributed by atoms with Crippen molar-refractivity contribution in [1.29, 1.82) is 0 Å². The topological polar surface area (TPSA) is 46.3 Å². The molecule has 1 saturated carbocycles. The molecule has 0 saturated heterocycles. The molecule has 6 heteroatoms. The summed E-state index contributed by atoms with van der Waals surface area (Å²) in [4.78, 5) is 12.1. The molecule has 1 rings (SSSR count). The number of nitrogens with zero attached hydrogens (tertiary/aromatic N) is 1. The van der Waals surface area contributed by atoms with Gasteiger partial charge in [-0.15, -0.1) is 0 Å². The Bertz CT molecular complexity index is 255. The lowest BCUT2D eigenvalue weighted by atomic mass is 10.0. The summed E-state index contributed by atoms with van der Waals surface area (Å²) in [6.45, 7) is 1.99. The molecule has 1 amide bonds. The fourth-order valence-corrected chi connectivity index (χ4v) is 2.39. The number of hydrogen-bond donors (Lipinski definition) is 1. The zero-order valence-electron chi connectivity index (χ0n) is 9.26. The van der Waals surface area contributed by atoms with Gasteiger partial charge in [-0.2, -0.15) is 13.2 Å². The van der Waals surface area contributed by atoms with Crippen LogP contribution in [0.2, 0.25) is 0 Å². The van der Waals surface area contributed by atoms with E-state index in [0.29, 0.717) is 13.0 Å². The van der Waals surface area contributed by atoms with Crippen LogP contribution in [-0.2, 0) is 4.79 Å². The smallest absolute Gasteiger partial charge is 0.332 e. The second-order valence-corrected chi connectivity index (χ2v) is 4.08. The van der Waals surface area contributed by atoms with Gasteiger partial charge in [0.2, 0.25) is 0 Å². The van der Waals surface area contributed by atoms with E-state index in [1.807, 2.05) is 0 Å². The molecule has 0 radical (unpaired) electrons. The fourth-order valence-electron chi connectivity index (χ4n) is 2.39. The first-order valence-electron chi connectivity index (χ1n) is 5.49. The van der Waals surface area contributed by atoms with Gasteiger partial charge in [0, 0.05) is 12.6 Å². The Hall–Kier alpha value is -0.780. The van der Waals surface area contributed by atoms with Crippen molar-refractivity contribution in [3.63, 3.8) is 0 Å². The van der Waals surface area contributed by atoms with Crippen molar-refractivity contribution >= 4 is 5.91 Å². The van der Waals surface area contributed by atoms with Crippen molar-refractivity contribution < 1.29 is 18.0 Å². The number of alkyl halides is 3. The van der Waals surface area contributed by atoms with Crippen molar-refractivity contribution in [2.24, 2.45) is 11.7 Å². The van der Waals surface area contributed by atoms with Crippen molar-refractivity contribution in [1.82, 2.24) is 4.90 Å². The average Bonchev–Trinajstić information content (AvgIpc) is 2.65. The van der Waals surface area contributed by atoms with Crippen molar-refractivity contribution in [2.45, 2.75) is 38.4 Å².